The molecule has 1 nitrogen and oxygen atoms in total. The summed E-state index contributed by atoms with van der Waals surface area (Å²) in [5.74, 6) is -0.387. The van der Waals surface area contributed by atoms with Gasteiger partial charge in [-0.25, -0.2) is 4.39 Å². The Balaban J connectivity index is 2.64. The molecule has 14 heavy (non-hydrogen) atoms. The van der Waals surface area contributed by atoms with Gasteiger partial charge in [-0.05, 0) is 25.0 Å². The van der Waals surface area contributed by atoms with E-state index in [0.29, 0.717) is 29.0 Å². The molecule has 1 atom stereocenters. The minimum absolute atomic E-state index is 0.0317. The van der Waals surface area contributed by atoms with Gasteiger partial charge in [-0.3, -0.25) is 4.79 Å². The Morgan fingerprint density at radius 1 is 1.50 bits per heavy atom. The first-order valence-electron chi connectivity index (χ1n) is 4.62. The van der Waals surface area contributed by atoms with Crippen LogP contribution in [-0.2, 0) is 6.42 Å². The first-order chi connectivity index (χ1) is 6.61. The molecule has 1 aromatic rings. The van der Waals surface area contributed by atoms with Gasteiger partial charge in [-0.15, -0.1) is 0 Å². The van der Waals surface area contributed by atoms with E-state index in [4.69, 9.17) is 11.6 Å². The molecule has 0 amide bonds. The lowest BCUT2D eigenvalue weighted by molar-refractivity contribution is 0.0912. The Hall–Kier alpha value is -0.890. The van der Waals surface area contributed by atoms with Crippen molar-refractivity contribution in [2.75, 3.05) is 0 Å². The number of Topliss-reactive ketones (excluding diaryl/α,β-unsaturated/α-hetero) is 1. The van der Waals surface area contributed by atoms with Crippen LogP contribution in [0.1, 0.15) is 29.3 Å². The van der Waals surface area contributed by atoms with Crippen molar-refractivity contribution in [2.24, 2.45) is 5.92 Å². The van der Waals surface area contributed by atoms with Gasteiger partial charge in [0.15, 0.2) is 5.78 Å². The molecule has 0 spiro atoms. The molecular formula is C11H10ClFO. The van der Waals surface area contributed by atoms with Crippen LogP contribution in [0.3, 0.4) is 0 Å². The summed E-state index contributed by atoms with van der Waals surface area (Å²) in [6, 6.07) is 2.77. The zero-order chi connectivity index (χ0) is 10.3. The van der Waals surface area contributed by atoms with Crippen LogP contribution in [-0.4, -0.2) is 5.78 Å². The lowest BCUT2D eigenvalue weighted by Gasteiger charge is -2.21. The predicted molar refractivity (Wildman–Crippen MR) is 53.2 cm³/mol. The molecule has 1 aromatic carbocycles. The number of fused-ring (bicyclic) bond motifs is 1. The maximum Gasteiger partial charge on any atom is 0.167 e. The SMILES string of the molecule is CC1CCc2c(F)ccc(Cl)c2C1=O. The normalized spacial score (nSPS) is 20.8. The van der Waals surface area contributed by atoms with Crippen molar-refractivity contribution in [2.45, 2.75) is 19.8 Å². The molecule has 1 aliphatic rings. The minimum atomic E-state index is -0.315. The van der Waals surface area contributed by atoms with Crippen LogP contribution < -0.4 is 0 Å². The lowest BCUT2D eigenvalue weighted by Crippen LogP contribution is -2.21. The van der Waals surface area contributed by atoms with E-state index in [9.17, 15) is 9.18 Å². The van der Waals surface area contributed by atoms with Crippen LogP contribution in [0, 0.1) is 11.7 Å². The highest BCUT2D eigenvalue weighted by Gasteiger charge is 2.28. The Morgan fingerprint density at radius 3 is 2.93 bits per heavy atom. The van der Waals surface area contributed by atoms with Crippen molar-refractivity contribution in [3.05, 3.63) is 34.1 Å². The average Bonchev–Trinajstić information content (AvgIpc) is 2.16. The summed E-state index contributed by atoms with van der Waals surface area (Å²) in [6.45, 7) is 1.85. The van der Waals surface area contributed by atoms with Gasteiger partial charge < -0.3 is 0 Å². The highest BCUT2D eigenvalue weighted by atomic mass is 35.5. The maximum atomic E-state index is 13.3. The van der Waals surface area contributed by atoms with Crippen molar-refractivity contribution in [1.82, 2.24) is 0 Å². The molecule has 0 saturated carbocycles. The van der Waals surface area contributed by atoms with Gasteiger partial charge in [0.25, 0.3) is 0 Å². The third-order valence-corrected chi connectivity index (χ3v) is 3.04. The zero-order valence-electron chi connectivity index (χ0n) is 7.81. The second-order valence-electron chi connectivity index (χ2n) is 3.69. The van der Waals surface area contributed by atoms with Crippen LogP contribution in [0.25, 0.3) is 0 Å². The Bertz CT molecular complexity index is 401. The number of rotatable bonds is 0. The summed E-state index contributed by atoms with van der Waals surface area (Å²) >= 11 is 5.89. The smallest absolute Gasteiger partial charge is 0.167 e. The number of benzene rings is 1. The Morgan fingerprint density at radius 2 is 2.21 bits per heavy atom. The molecule has 1 aliphatic carbocycles. The van der Waals surface area contributed by atoms with E-state index >= 15 is 0 Å². The molecule has 0 bridgehead atoms. The quantitative estimate of drug-likeness (QED) is 0.645. The van der Waals surface area contributed by atoms with Crippen LogP contribution >= 0.6 is 11.6 Å². The summed E-state index contributed by atoms with van der Waals surface area (Å²) in [5, 5.41) is 0.373. The second kappa shape index (κ2) is 3.35. The molecule has 0 aromatic heterocycles. The van der Waals surface area contributed by atoms with E-state index in [1.807, 2.05) is 6.92 Å². The van der Waals surface area contributed by atoms with Crippen molar-refractivity contribution in [3.8, 4) is 0 Å². The van der Waals surface area contributed by atoms with Crippen LogP contribution in [0.4, 0.5) is 4.39 Å². The fourth-order valence-corrected chi connectivity index (χ4v) is 2.11. The molecular weight excluding hydrogens is 203 g/mol. The lowest BCUT2D eigenvalue weighted by atomic mass is 9.83. The number of halogens is 2. The number of carbonyl (C=O) groups excluding carboxylic acids is 1. The summed E-state index contributed by atoms with van der Waals surface area (Å²) < 4.78 is 13.3. The van der Waals surface area contributed by atoms with E-state index in [0.717, 1.165) is 0 Å². The van der Waals surface area contributed by atoms with Crippen molar-refractivity contribution in [1.29, 1.82) is 0 Å². The first-order valence-corrected chi connectivity index (χ1v) is 5.00. The molecule has 74 valence electrons. The summed E-state index contributed by atoms with van der Waals surface area (Å²) in [4.78, 5) is 11.7. The third kappa shape index (κ3) is 1.34. The fourth-order valence-electron chi connectivity index (χ4n) is 1.84. The zero-order valence-corrected chi connectivity index (χ0v) is 8.57. The van der Waals surface area contributed by atoms with Gasteiger partial charge in [0.1, 0.15) is 5.82 Å². The van der Waals surface area contributed by atoms with Crippen LogP contribution in [0.5, 0.6) is 0 Å². The predicted octanol–water partition coefficient (Wildman–Crippen LogP) is 3.24. The third-order valence-electron chi connectivity index (χ3n) is 2.73. The fraction of sp³-hybridized carbons (Fsp3) is 0.364. The molecule has 0 N–H and O–H groups in total. The summed E-state index contributed by atoms with van der Waals surface area (Å²) in [7, 11) is 0. The summed E-state index contributed by atoms with van der Waals surface area (Å²) in [5.41, 5.74) is 0.881. The molecule has 0 radical (unpaired) electrons. The van der Waals surface area contributed by atoms with Gasteiger partial charge >= 0.3 is 0 Å². The maximum absolute atomic E-state index is 13.3. The summed E-state index contributed by atoms with van der Waals surface area (Å²) in [6.07, 6.45) is 1.32. The molecule has 0 heterocycles. The Labute approximate surface area is 86.9 Å². The topological polar surface area (TPSA) is 17.1 Å². The molecule has 0 aliphatic heterocycles. The average molecular weight is 213 g/mol. The van der Waals surface area contributed by atoms with Crippen LogP contribution in [0.2, 0.25) is 5.02 Å². The van der Waals surface area contributed by atoms with E-state index in [1.54, 1.807) is 0 Å². The second-order valence-corrected chi connectivity index (χ2v) is 4.09. The number of carbonyl (C=O) groups is 1. The van der Waals surface area contributed by atoms with Gasteiger partial charge in [0, 0.05) is 17.0 Å². The molecule has 1 unspecified atom stereocenters. The largest absolute Gasteiger partial charge is 0.294 e. The molecule has 2 rings (SSSR count). The first kappa shape index (κ1) is 9.66. The number of hydrogen-bond donors (Lipinski definition) is 0. The molecule has 3 heteroatoms. The van der Waals surface area contributed by atoms with Crippen molar-refractivity contribution >= 4 is 17.4 Å². The van der Waals surface area contributed by atoms with Crippen molar-refractivity contribution in [3.63, 3.8) is 0 Å². The van der Waals surface area contributed by atoms with Crippen molar-refractivity contribution < 1.29 is 9.18 Å². The van der Waals surface area contributed by atoms with Gasteiger partial charge in [0.2, 0.25) is 0 Å². The monoisotopic (exact) mass is 212 g/mol. The van der Waals surface area contributed by atoms with E-state index in [2.05, 4.69) is 0 Å². The highest BCUT2D eigenvalue weighted by Crippen LogP contribution is 2.32. The van der Waals surface area contributed by atoms with Gasteiger partial charge in [-0.2, -0.15) is 0 Å². The number of hydrogen-bond acceptors (Lipinski definition) is 1. The van der Waals surface area contributed by atoms with E-state index in [1.165, 1.54) is 12.1 Å². The molecule has 0 fully saturated rings. The van der Waals surface area contributed by atoms with E-state index < -0.39 is 0 Å². The highest BCUT2D eigenvalue weighted by molar-refractivity contribution is 6.34. The van der Waals surface area contributed by atoms with Gasteiger partial charge in [0.05, 0.1) is 5.02 Å². The minimum Gasteiger partial charge on any atom is -0.294 e. The van der Waals surface area contributed by atoms with Gasteiger partial charge in [-0.1, -0.05) is 18.5 Å². The van der Waals surface area contributed by atoms with E-state index in [-0.39, 0.29) is 17.5 Å². The Kier molecular flexibility index (Phi) is 2.31. The molecule has 0 saturated heterocycles. The number of ketones is 1. The standard InChI is InChI=1S/C11H10ClFO/c1-6-2-3-7-9(13)5-4-8(12)10(7)11(6)14/h4-6H,2-3H2,1H3. The van der Waals surface area contributed by atoms with Crippen LogP contribution in [0.15, 0.2) is 12.1 Å².